The zero-order valence-electron chi connectivity index (χ0n) is 11.2. The van der Waals surface area contributed by atoms with Gasteiger partial charge in [0, 0.05) is 6.10 Å². The van der Waals surface area contributed by atoms with E-state index in [4.69, 9.17) is 9.83 Å². The predicted molar refractivity (Wildman–Crippen MR) is 75.4 cm³/mol. The van der Waals surface area contributed by atoms with Gasteiger partial charge in [0.05, 0.1) is 0 Å². The van der Waals surface area contributed by atoms with Gasteiger partial charge in [-0.1, -0.05) is 51.4 Å². The largest absolute Gasteiger partial charge is 0.406 e. The molecule has 2 rings (SSSR count). The lowest BCUT2D eigenvalue weighted by atomic mass is 9.78. The lowest BCUT2D eigenvalue weighted by Gasteiger charge is -2.34. The highest BCUT2D eigenvalue weighted by Crippen LogP contribution is 2.34. The van der Waals surface area contributed by atoms with Crippen molar-refractivity contribution >= 4 is 9.92 Å². The third-order valence-corrected chi connectivity index (χ3v) is 5.40. The van der Waals surface area contributed by atoms with Crippen LogP contribution in [0.1, 0.15) is 70.6 Å². The number of hydrogen-bond donors (Lipinski definition) is 1. The van der Waals surface area contributed by atoms with Gasteiger partial charge in [-0.2, -0.15) is 0 Å². The molecule has 3 heteroatoms. The minimum atomic E-state index is -0.725. The second kappa shape index (κ2) is 7.55. The minimum absolute atomic E-state index is 0.523. The lowest BCUT2D eigenvalue weighted by molar-refractivity contribution is 0.0804. The smallest absolute Gasteiger partial charge is 0.233 e. The Kier molecular flexibility index (Phi) is 6.02. The lowest BCUT2D eigenvalue weighted by Crippen LogP contribution is -2.32. The summed E-state index contributed by atoms with van der Waals surface area (Å²) >= 11 is 0. The normalized spacial score (nSPS) is 26.6. The number of nitrogens with two attached hydrogens (primary N) is 1. The molecule has 0 aliphatic heterocycles. The van der Waals surface area contributed by atoms with Crippen molar-refractivity contribution in [1.29, 1.82) is 0 Å². The van der Waals surface area contributed by atoms with Crippen molar-refractivity contribution in [3.8, 4) is 0 Å². The monoisotopic (exact) mass is 255 g/mol. The molecule has 17 heavy (non-hydrogen) atoms. The summed E-state index contributed by atoms with van der Waals surface area (Å²) in [7, 11) is -0.725. The molecule has 0 radical (unpaired) electrons. The van der Waals surface area contributed by atoms with E-state index in [1.165, 1.54) is 70.6 Å². The summed E-state index contributed by atoms with van der Waals surface area (Å²) in [6.07, 6.45) is 16.1. The van der Waals surface area contributed by atoms with E-state index in [1.807, 2.05) is 0 Å². The van der Waals surface area contributed by atoms with Crippen LogP contribution in [0.2, 0.25) is 0 Å². The highest BCUT2D eigenvalue weighted by molar-refractivity contribution is 6.22. The van der Waals surface area contributed by atoms with Gasteiger partial charge in [-0.25, -0.2) is 0 Å². The average Bonchev–Trinajstić information content (AvgIpc) is 2.40. The van der Waals surface area contributed by atoms with E-state index in [0.29, 0.717) is 6.10 Å². The molecule has 2 nitrogen and oxygen atoms in total. The quantitative estimate of drug-likeness (QED) is 0.767. The van der Waals surface area contributed by atoms with E-state index >= 15 is 0 Å². The molecular formula is C14H29NOSi. The van der Waals surface area contributed by atoms with E-state index in [0.717, 1.165) is 11.8 Å². The maximum Gasteiger partial charge on any atom is 0.233 e. The third kappa shape index (κ3) is 4.38. The van der Waals surface area contributed by atoms with Crippen LogP contribution in [0, 0.1) is 11.8 Å². The second-order valence-corrected chi connectivity index (χ2v) is 6.68. The Balaban J connectivity index is 1.81. The summed E-state index contributed by atoms with van der Waals surface area (Å²) in [5, 5.41) is 5.76. The highest BCUT2D eigenvalue weighted by atomic mass is 28.2. The first-order chi connectivity index (χ1) is 8.40. The molecule has 1 atom stereocenters. The standard InChI is InChI=1S/C14H29NOSi/c15-17-16-14(13-9-5-2-6-10-13)11-12-7-3-1-4-8-12/h12-14H,1-11,15,17H2. The first-order valence-corrected chi connectivity index (χ1v) is 9.11. The van der Waals surface area contributed by atoms with Gasteiger partial charge in [-0.15, -0.1) is 0 Å². The Labute approximate surface area is 109 Å². The van der Waals surface area contributed by atoms with E-state index < -0.39 is 9.92 Å². The highest BCUT2D eigenvalue weighted by Gasteiger charge is 2.27. The van der Waals surface area contributed by atoms with E-state index in [1.54, 1.807) is 0 Å². The Morgan fingerprint density at radius 2 is 1.53 bits per heavy atom. The van der Waals surface area contributed by atoms with Crippen molar-refractivity contribution < 1.29 is 4.43 Å². The summed E-state index contributed by atoms with van der Waals surface area (Å²) in [4.78, 5) is 0. The Bertz CT molecular complexity index is 200. The van der Waals surface area contributed by atoms with Gasteiger partial charge in [0.15, 0.2) is 0 Å². The molecule has 2 aliphatic carbocycles. The van der Waals surface area contributed by atoms with Crippen LogP contribution in [-0.4, -0.2) is 16.0 Å². The number of hydrogen-bond acceptors (Lipinski definition) is 2. The molecule has 2 aliphatic rings. The third-order valence-electron chi connectivity index (χ3n) is 4.78. The molecule has 0 spiro atoms. The van der Waals surface area contributed by atoms with Crippen LogP contribution in [0.4, 0.5) is 0 Å². The summed E-state index contributed by atoms with van der Waals surface area (Å²) in [6, 6.07) is 0. The maximum absolute atomic E-state index is 6.00. The van der Waals surface area contributed by atoms with Gasteiger partial charge in [0.2, 0.25) is 9.92 Å². The van der Waals surface area contributed by atoms with Crippen molar-refractivity contribution in [2.75, 3.05) is 0 Å². The molecule has 0 heterocycles. The Hall–Kier alpha value is 0.137. The molecule has 2 fully saturated rings. The molecule has 1 unspecified atom stereocenters. The van der Waals surface area contributed by atoms with Gasteiger partial charge in [0.25, 0.3) is 0 Å². The van der Waals surface area contributed by atoms with Crippen molar-refractivity contribution in [3.63, 3.8) is 0 Å². The van der Waals surface area contributed by atoms with Crippen LogP contribution in [0.25, 0.3) is 0 Å². The zero-order valence-corrected chi connectivity index (χ0v) is 12.6. The molecule has 0 aromatic rings. The van der Waals surface area contributed by atoms with Gasteiger partial charge in [0.1, 0.15) is 0 Å². The predicted octanol–water partition coefficient (Wildman–Crippen LogP) is 2.88. The molecular weight excluding hydrogens is 226 g/mol. The minimum Gasteiger partial charge on any atom is -0.406 e. The van der Waals surface area contributed by atoms with Gasteiger partial charge in [-0.05, 0) is 31.1 Å². The molecule has 100 valence electrons. The van der Waals surface area contributed by atoms with Crippen LogP contribution < -0.4 is 5.40 Å². The molecule has 2 N–H and O–H groups in total. The van der Waals surface area contributed by atoms with Crippen LogP contribution in [0.5, 0.6) is 0 Å². The van der Waals surface area contributed by atoms with Gasteiger partial charge in [-0.3, -0.25) is 0 Å². The first-order valence-electron chi connectivity index (χ1n) is 7.72. The topological polar surface area (TPSA) is 35.2 Å². The average molecular weight is 255 g/mol. The fourth-order valence-corrected chi connectivity index (χ4v) is 4.43. The van der Waals surface area contributed by atoms with Crippen LogP contribution in [0.15, 0.2) is 0 Å². The van der Waals surface area contributed by atoms with Gasteiger partial charge >= 0.3 is 0 Å². The SMILES string of the molecule is N[SiH2]OC(CC1CCCCC1)C1CCCCC1. The summed E-state index contributed by atoms with van der Waals surface area (Å²) in [5.41, 5.74) is 0. The van der Waals surface area contributed by atoms with Crippen molar-refractivity contribution in [1.82, 2.24) is 0 Å². The molecule has 0 aromatic carbocycles. The van der Waals surface area contributed by atoms with Crippen molar-refractivity contribution in [3.05, 3.63) is 0 Å². The Morgan fingerprint density at radius 3 is 2.12 bits per heavy atom. The maximum atomic E-state index is 6.00. The summed E-state index contributed by atoms with van der Waals surface area (Å²) in [5.74, 6) is 1.78. The zero-order chi connectivity index (χ0) is 11.9. The molecule has 0 bridgehead atoms. The van der Waals surface area contributed by atoms with Crippen LogP contribution >= 0.6 is 0 Å². The number of rotatable bonds is 5. The Morgan fingerprint density at radius 1 is 0.941 bits per heavy atom. The first kappa shape index (κ1) is 13.6. The van der Waals surface area contributed by atoms with E-state index in [-0.39, 0.29) is 0 Å². The van der Waals surface area contributed by atoms with Crippen LogP contribution in [-0.2, 0) is 4.43 Å². The van der Waals surface area contributed by atoms with Crippen molar-refractivity contribution in [2.24, 2.45) is 17.2 Å². The van der Waals surface area contributed by atoms with E-state index in [9.17, 15) is 0 Å². The van der Waals surface area contributed by atoms with Crippen LogP contribution in [0.3, 0.4) is 0 Å². The summed E-state index contributed by atoms with van der Waals surface area (Å²) in [6.45, 7) is 0. The second-order valence-electron chi connectivity index (χ2n) is 6.01. The molecule has 0 saturated heterocycles. The van der Waals surface area contributed by atoms with Gasteiger partial charge < -0.3 is 9.83 Å². The molecule has 2 saturated carbocycles. The molecule has 0 amide bonds. The fourth-order valence-electron chi connectivity index (χ4n) is 3.78. The fraction of sp³-hybridized carbons (Fsp3) is 1.00. The molecule has 0 aromatic heterocycles. The van der Waals surface area contributed by atoms with E-state index in [2.05, 4.69) is 0 Å². The summed E-state index contributed by atoms with van der Waals surface area (Å²) < 4.78 is 6.00. The van der Waals surface area contributed by atoms with Crippen molar-refractivity contribution in [2.45, 2.75) is 76.7 Å².